The van der Waals surface area contributed by atoms with Crippen molar-refractivity contribution in [2.45, 2.75) is 13.3 Å². The Morgan fingerprint density at radius 1 is 1.15 bits per heavy atom. The van der Waals surface area contributed by atoms with E-state index < -0.39 is 0 Å². The van der Waals surface area contributed by atoms with E-state index in [-0.39, 0.29) is 11.8 Å². The lowest BCUT2D eigenvalue weighted by molar-refractivity contribution is -0.121. The zero-order valence-electron chi connectivity index (χ0n) is 11.4. The minimum Gasteiger partial charge on any atom is -0.492 e. The van der Waals surface area contributed by atoms with Gasteiger partial charge in [0.25, 0.3) is 0 Å². The first-order valence-electron chi connectivity index (χ1n) is 6.80. The molecule has 1 atom stereocenters. The second-order valence-electron chi connectivity index (χ2n) is 5.18. The highest BCUT2D eigenvalue weighted by atomic mass is 16.5. The van der Waals surface area contributed by atoms with Crippen molar-refractivity contribution < 1.29 is 9.53 Å². The summed E-state index contributed by atoms with van der Waals surface area (Å²) in [6.07, 6.45) is 0.730. The summed E-state index contributed by atoms with van der Waals surface area (Å²) in [5.41, 5.74) is 3.11. The summed E-state index contributed by atoms with van der Waals surface area (Å²) in [6.45, 7) is 2.46. The molecule has 102 valence electrons. The molecule has 1 aliphatic rings. The van der Waals surface area contributed by atoms with Crippen LogP contribution in [0.2, 0.25) is 0 Å². The summed E-state index contributed by atoms with van der Waals surface area (Å²) in [7, 11) is 0. The van der Waals surface area contributed by atoms with Crippen LogP contribution in [0.3, 0.4) is 0 Å². The van der Waals surface area contributed by atoms with Gasteiger partial charge in [0.1, 0.15) is 12.4 Å². The minimum atomic E-state index is -0.133. The summed E-state index contributed by atoms with van der Waals surface area (Å²) in [5, 5.41) is 2.95. The second kappa shape index (κ2) is 5.37. The number of hydrogen-bond donors (Lipinski definition) is 1. The Morgan fingerprint density at radius 3 is 2.70 bits per heavy atom. The van der Waals surface area contributed by atoms with E-state index in [0.717, 1.165) is 23.4 Å². The van der Waals surface area contributed by atoms with Gasteiger partial charge >= 0.3 is 0 Å². The van der Waals surface area contributed by atoms with Crippen LogP contribution in [0.1, 0.15) is 11.1 Å². The fourth-order valence-electron chi connectivity index (χ4n) is 2.38. The fourth-order valence-corrected chi connectivity index (χ4v) is 2.38. The predicted molar refractivity (Wildman–Crippen MR) is 78.9 cm³/mol. The van der Waals surface area contributed by atoms with Gasteiger partial charge in [0.2, 0.25) is 5.91 Å². The molecule has 1 amide bonds. The van der Waals surface area contributed by atoms with E-state index in [4.69, 9.17) is 4.74 Å². The molecule has 0 bridgehead atoms. The van der Waals surface area contributed by atoms with Gasteiger partial charge in [0.15, 0.2) is 0 Å². The number of aryl methyl sites for hydroxylation is 1. The molecular weight excluding hydrogens is 250 g/mol. The van der Waals surface area contributed by atoms with Crippen LogP contribution in [0.25, 0.3) is 0 Å². The maximum absolute atomic E-state index is 12.3. The topological polar surface area (TPSA) is 38.3 Å². The Kier molecular flexibility index (Phi) is 3.42. The fraction of sp³-hybridized carbons (Fsp3) is 0.235. The van der Waals surface area contributed by atoms with Crippen LogP contribution in [0.15, 0.2) is 48.5 Å². The standard InChI is InChI=1S/C17H17NO2/c1-12-6-8-15(9-7-12)18-17(19)14-10-13-4-2-3-5-16(13)20-11-14/h2-9,14H,10-11H2,1H3,(H,18,19)/t14-/m1/s1. The molecule has 0 aromatic heterocycles. The van der Waals surface area contributed by atoms with E-state index in [0.29, 0.717) is 6.61 Å². The molecule has 3 heteroatoms. The van der Waals surface area contributed by atoms with E-state index in [2.05, 4.69) is 5.32 Å². The minimum absolute atomic E-state index is 0.0170. The maximum Gasteiger partial charge on any atom is 0.231 e. The lowest BCUT2D eigenvalue weighted by Crippen LogP contribution is -2.32. The highest BCUT2D eigenvalue weighted by molar-refractivity contribution is 5.93. The van der Waals surface area contributed by atoms with Crippen molar-refractivity contribution >= 4 is 11.6 Å². The second-order valence-corrected chi connectivity index (χ2v) is 5.18. The van der Waals surface area contributed by atoms with Gasteiger partial charge in [-0.2, -0.15) is 0 Å². The van der Waals surface area contributed by atoms with Crippen molar-refractivity contribution in [3.63, 3.8) is 0 Å². The molecule has 0 saturated heterocycles. The monoisotopic (exact) mass is 267 g/mol. The zero-order valence-corrected chi connectivity index (χ0v) is 11.4. The third-order valence-corrected chi connectivity index (χ3v) is 3.57. The molecule has 0 spiro atoms. The first-order valence-corrected chi connectivity index (χ1v) is 6.80. The number of para-hydroxylation sites is 1. The first-order chi connectivity index (χ1) is 9.72. The van der Waals surface area contributed by atoms with Crippen molar-refractivity contribution in [1.29, 1.82) is 0 Å². The molecule has 0 saturated carbocycles. The number of hydrogen-bond acceptors (Lipinski definition) is 2. The lowest BCUT2D eigenvalue weighted by atomic mass is 9.96. The number of carbonyl (C=O) groups is 1. The zero-order chi connectivity index (χ0) is 13.9. The molecule has 1 N–H and O–H groups in total. The SMILES string of the molecule is Cc1ccc(NC(=O)[C@H]2COc3ccccc3C2)cc1. The van der Waals surface area contributed by atoms with E-state index >= 15 is 0 Å². The van der Waals surface area contributed by atoms with Crippen LogP contribution in [0, 0.1) is 12.8 Å². The Labute approximate surface area is 118 Å². The van der Waals surface area contributed by atoms with E-state index in [9.17, 15) is 4.79 Å². The molecule has 20 heavy (non-hydrogen) atoms. The summed E-state index contributed by atoms with van der Waals surface area (Å²) < 4.78 is 5.65. The number of anilines is 1. The predicted octanol–water partition coefficient (Wildman–Crippen LogP) is 3.18. The Bertz CT molecular complexity index is 619. The van der Waals surface area contributed by atoms with Gasteiger partial charge in [-0.05, 0) is 37.1 Å². The van der Waals surface area contributed by atoms with E-state index in [1.807, 2.05) is 55.5 Å². The Hall–Kier alpha value is -2.29. The van der Waals surface area contributed by atoms with Gasteiger partial charge in [0, 0.05) is 5.69 Å². The summed E-state index contributed by atoms with van der Waals surface area (Å²) in [6, 6.07) is 15.7. The van der Waals surface area contributed by atoms with Crippen molar-refractivity contribution in [3.8, 4) is 5.75 Å². The average Bonchev–Trinajstić information content (AvgIpc) is 2.49. The number of nitrogens with one attached hydrogen (secondary N) is 1. The molecule has 0 aliphatic carbocycles. The van der Waals surface area contributed by atoms with Gasteiger partial charge < -0.3 is 10.1 Å². The average molecular weight is 267 g/mol. The number of amides is 1. The number of benzene rings is 2. The van der Waals surface area contributed by atoms with Gasteiger partial charge in [0.05, 0.1) is 5.92 Å². The van der Waals surface area contributed by atoms with Crippen LogP contribution in [0.5, 0.6) is 5.75 Å². The summed E-state index contributed by atoms with van der Waals surface area (Å²) in [4.78, 5) is 12.3. The van der Waals surface area contributed by atoms with Crippen LogP contribution in [-0.2, 0) is 11.2 Å². The summed E-state index contributed by atoms with van der Waals surface area (Å²) in [5.74, 6) is 0.779. The molecule has 3 rings (SSSR count). The van der Waals surface area contributed by atoms with Crippen molar-refractivity contribution in [3.05, 3.63) is 59.7 Å². The van der Waals surface area contributed by atoms with Gasteiger partial charge in [-0.15, -0.1) is 0 Å². The highest BCUT2D eigenvalue weighted by Gasteiger charge is 2.25. The number of rotatable bonds is 2. The van der Waals surface area contributed by atoms with E-state index in [1.54, 1.807) is 0 Å². The number of ether oxygens (including phenoxy) is 1. The van der Waals surface area contributed by atoms with Gasteiger partial charge in [-0.1, -0.05) is 35.9 Å². The van der Waals surface area contributed by atoms with Crippen LogP contribution < -0.4 is 10.1 Å². The maximum atomic E-state index is 12.3. The molecule has 0 fully saturated rings. The smallest absolute Gasteiger partial charge is 0.231 e. The van der Waals surface area contributed by atoms with Crippen molar-refractivity contribution in [2.75, 3.05) is 11.9 Å². The quantitative estimate of drug-likeness (QED) is 0.907. The third-order valence-electron chi connectivity index (χ3n) is 3.57. The van der Waals surface area contributed by atoms with Gasteiger partial charge in [-0.3, -0.25) is 4.79 Å². The van der Waals surface area contributed by atoms with Crippen molar-refractivity contribution in [2.24, 2.45) is 5.92 Å². The Balaban J connectivity index is 1.68. The normalized spacial score (nSPS) is 16.9. The molecule has 1 heterocycles. The largest absolute Gasteiger partial charge is 0.492 e. The van der Waals surface area contributed by atoms with Gasteiger partial charge in [-0.25, -0.2) is 0 Å². The number of carbonyl (C=O) groups excluding carboxylic acids is 1. The van der Waals surface area contributed by atoms with E-state index in [1.165, 1.54) is 5.56 Å². The molecule has 2 aromatic rings. The highest BCUT2D eigenvalue weighted by Crippen LogP contribution is 2.27. The molecule has 0 unspecified atom stereocenters. The molecule has 0 radical (unpaired) electrons. The van der Waals surface area contributed by atoms with Crippen LogP contribution >= 0.6 is 0 Å². The molecular formula is C17H17NO2. The van der Waals surface area contributed by atoms with Crippen LogP contribution in [-0.4, -0.2) is 12.5 Å². The Morgan fingerprint density at radius 2 is 1.90 bits per heavy atom. The molecule has 2 aromatic carbocycles. The molecule has 1 aliphatic heterocycles. The first kappa shape index (κ1) is 12.7. The third kappa shape index (κ3) is 2.67. The molecule has 3 nitrogen and oxygen atoms in total. The lowest BCUT2D eigenvalue weighted by Gasteiger charge is -2.24. The summed E-state index contributed by atoms with van der Waals surface area (Å²) >= 11 is 0. The van der Waals surface area contributed by atoms with Crippen molar-refractivity contribution in [1.82, 2.24) is 0 Å². The number of fused-ring (bicyclic) bond motifs is 1. The van der Waals surface area contributed by atoms with Crippen LogP contribution in [0.4, 0.5) is 5.69 Å².